The molecule has 0 fully saturated rings. The Kier molecular flexibility index (Phi) is 4.27. The van der Waals surface area contributed by atoms with Gasteiger partial charge >= 0.3 is 0 Å². The highest BCUT2D eigenvalue weighted by Gasteiger charge is 2.15. The average Bonchev–Trinajstić information content (AvgIpc) is 2.81. The highest BCUT2D eigenvalue weighted by molar-refractivity contribution is 5.22. The molecule has 2 aromatic rings. The van der Waals surface area contributed by atoms with Crippen molar-refractivity contribution in [3.8, 4) is 0 Å². The topological polar surface area (TPSA) is 29.9 Å². The number of hydrogen-bond acceptors (Lipinski definition) is 2. The lowest BCUT2D eigenvalue weighted by molar-refractivity contribution is 0.533. The first-order valence-electron chi connectivity index (χ1n) is 6.27. The van der Waals surface area contributed by atoms with Crippen LogP contribution in [0.4, 0.5) is 8.78 Å². The summed E-state index contributed by atoms with van der Waals surface area (Å²) >= 11 is 0. The average molecular weight is 265 g/mol. The number of hydrogen-bond donors (Lipinski definition) is 1. The Balaban J connectivity index is 2.25. The number of benzene rings is 1. The van der Waals surface area contributed by atoms with E-state index in [0.717, 1.165) is 18.4 Å². The van der Waals surface area contributed by atoms with Crippen molar-refractivity contribution in [3.63, 3.8) is 0 Å². The molecule has 1 atom stereocenters. The van der Waals surface area contributed by atoms with Crippen molar-refractivity contribution in [1.82, 2.24) is 14.9 Å². The fraction of sp³-hybridized carbons (Fsp3) is 0.357. The van der Waals surface area contributed by atoms with Gasteiger partial charge in [0.05, 0.1) is 0 Å². The summed E-state index contributed by atoms with van der Waals surface area (Å²) in [5, 5.41) is 3.08. The number of imidazole rings is 1. The molecule has 0 bridgehead atoms. The van der Waals surface area contributed by atoms with Gasteiger partial charge in [-0.3, -0.25) is 0 Å². The molecule has 0 spiro atoms. The van der Waals surface area contributed by atoms with E-state index in [4.69, 9.17) is 0 Å². The van der Waals surface area contributed by atoms with Gasteiger partial charge in [-0.05, 0) is 31.7 Å². The molecule has 0 radical (unpaired) electrons. The molecule has 0 aliphatic carbocycles. The number of likely N-dealkylation sites (N-methyl/N-ethyl adjacent to an activating group) is 1. The Morgan fingerprint density at radius 1 is 1.26 bits per heavy atom. The highest BCUT2D eigenvalue weighted by atomic mass is 19.1. The van der Waals surface area contributed by atoms with Crippen LogP contribution in [-0.4, -0.2) is 16.6 Å². The first kappa shape index (κ1) is 13.7. The Morgan fingerprint density at radius 3 is 2.53 bits per heavy atom. The minimum absolute atomic E-state index is 0.169. The van der Waals surface area contributed by atoms with Crippen molar-refractivity contribution in [2.75, 3.05) is 7.05 Å². The normalized spacial score (nSPS) is 12.6. The maximum absolute atomic E-state index is 13.3. The predicted octanol–water partition coefficient (Wildman–Crippen LogP) is 2.68. The van der Waals surface area contributed by atoms with Gasteiger partial charge in [-0.1, -0.05) is 0 Å². The summed E-state index contributed by atoms with van der Waals surface area (Å²) < 4.78 is 28.5. The first-order chi connectivity index (χ1) is 9.13. The Morgan fingerprint density at radius 2 is 1.95 bits per heavy atom. The fourth-order valence-corrected chi connectivity index (χ4v) is 2.16. The second-order valence-corrected chi connectivity index (χ2v) is 4.38. The number of aryl methyl sites for hydroxylation is 1. The summed E-state index contributed by atoms with van der Waals surface area (Å²) in [6, 6.07) is 3.41. The largest absolute Gasteiger partial charge is 0.335 e. The molecule has 102 valence electrons. The molecule has 1 N–H and O–H groups in total. The van der Waals surface area contributed by atoms with Gasteiger partial charge < -0.3 is 9.88 Å². The molecule has 0 aliphatic rings. The zero-order chi connectivity index (χ0) is 13.8. The summed E-state index contributed by atoms with van der Waals surface area (Å²) in [4.78, 5) is 4.28. The minimum atomic E-state index is -0.561. The van der Waals surface area contributed by atoms with E-state index in [1.807, 2.05) is 17.7 Å². The number of nitrogens with zero attached hydrogens (tertiary/aromatic N) is 2. The van der Waals surface area contributed by atoms with E-state index in [2.05, 4.69) is 10.3 Å². The van der Waals surface area contributed by atoms with Crippen LogP contribution in [0.5, 0.6) is 0 Å². The van der Waals surface area contributed by atoms with Crippen molar-refractivity contribution in [1.29, 1.82) is 0 Å². The van der Waals surface area contributed by atoms with Gasteiger partial charge in [0.15, 0.2) is 0 Å². The van der Waals surface area contributed by atoms with Crippen LogP contribution < -0.4 is 5.32 Å². The standard InChI is InChI=1S/C14H17F2N3/c1-3-19-5-4-18-14(19)9-13(17-2)10-6-11(15)8-12(16)7-10/h4-8,13,17H,3,9H2,1-2H3. The second kappa shape index (κ2) is 5.93. The molecule has 0 saturated heterocycles. The van der Waals surface area contributed by atoms with Gasteiger partial charge in [-0.15, -0.1) is 0 Å². The summed E-state index contributed by atoms with van der Waals surface area (Å²) in [5.41, 5.74) is 0.589. The van der Waals surface area contributed by atoms with E-state index in [0.29, 0.717) is 12.0 Å². The van der Waals surface area contributed by atoms with Crippen molar-refractivity contribution >= 4 is 0 Å². The van der Waals surface area contributed by atoms with Crippen LogP contribution in [0.3, 0.4) is 0 Å². The van der Waals surface area contributed by atoms with E-state index in [1.54, 1.807) is 13.2 Å². The molecule has 0 saturated carbocycles. The monoisotopic (exact) mass is 265 g/mol. The summed E-state index contributed by atoms with van der Waals surface area (Å²) in [7, 11) is 1.77. The third-order valence-electron chi connectivity index (χ3n) is 3.16. The predicted molar refractivity (Wildman–Crippen MR) is 69.8 cm³/mol. The molecular weight excluding hydrogens is 248 g/mol. The molecule has 1 aromatic heterocycles. The Hall–Kier alpha value is -1.75. The lowest BCUT2D eigenvalue weighted by Gasteiger charge is -2.17. The molecule has 1 unspecified atom stereocenters. The van der Waals surface area contributed by atoms with Crippen LogP contribution in [0.25, 0.3) is 0 Å². The van der Waals surface area contributed by atoms with Crippen molar-refractivity contribution < 1.29 is 8.78 Å². The smallest absolute Gasteiger partial charge is 0.126 e. The molecule has 0 aliphatic heterocycles. The van der Waals surface area contributed by atoms with Gasteiger partial charge in [0, 0.05) is 37.5 Å². The van der Waals surface area contributed by atoms with Crippen LogP contribution >= 0.6 is 0 Å². The van der Waals surface area contributed by atoms with E-state index in [9.17, 15) is 8.78 Å². The Bertz CT molecular complexity index is 531. The molecule has 19 heavy (non-hydrogen) atoms. The molecule has 2 rings (SSSR count). The van der Waals surface area contributed by atoms with E-state index in [-0.39, 0.29) is 6.04 Å². The van der Waals surface area contributed by atoms with Gasteiger partial charge in [0.2, 0.25) is 0 Å². The van der Waals surface area contributed by atoms with Crippen molar-refractivity contribution in [2.45, 2.75) is 25.9 Å². The molecule has 3 nitrogen and oxygen atoms in total. The van der Waals surface area contributed by atoms with Crippen LogP contribution in [0.15, 0.2) is 30.6 Å². The van der Waals surface area contributed by atoms with E-state index >= 15 is 0 Å². The molecule has 5 heteroatoms. The number of halogens is 2. The van der Waals surface area contributed by atoms with Gasteiger partial charge in [0.25, 0.3) is 0 Å². The van der Waals surface area contributed by atoms with Crippen LogP contribution in [-0.2, 0) is 13.0 Å². The quantitative estimate of drug-likeness (QED) is 0.900. The van der Waals surface area contributed by atoms with Crippen LogP contribution in [0.2, 0.25) is 0 Å². The number of nitrogens with one attached hydrogen (secondary N) is 1. The van der Waals surface area contributed by atoms with E-state index in [1.165, 1.54) is 12.1 Å². The third kappa shape index (κ3) is 3.17. The van der Waals surface area contributed by atoms with Crippen LogP contribution in [0.1, 0.15) is 24.4 Å². The minimum Gasteiger partial charge on any atom is -0.335 e. The maximum atomic E-state index is 13.3. The number of rotatable bonds is 5. The molecular formula is C14H17F2N3. The first-order valence-corrected chi connectivity index (χ1v) is 6.27. The van der Waals surface area contributed by atoms with Crippen LogP contribution in [0, 0.1) is 11.6 Å². The molecule has 1 heterocycles. The summed E-state index contributed by atoms with van der Waals surface area (Å²) in [6.07, 6.45) is 4.21. The maximum Gasteiger partial charge on any atom is 0.126 e. The van der Waals surface area contributed by atoms with Crippen molar-refractivity contribution in [3.05, 3.63) is 53.6 Å². The van der Waals surface area contributed by atoms with Gasteiger partial charge in [-0.25, -0.2) is 13.8 Å². The summed E-state index contributed by atoms with van der Waals surface area (Å²) in [6.45, 7) is 2.85. The lowest BCUT2D eigenvalue weighted by atomic mass is 10.0. The zero-order valence-electron chi connectivity index (χ0n) is 11.0. The van der Waals surface area contributed by atoms with Gasteiger partial charge in [0.1, 0.15) is 17.5 Å². The second-order valence-electron chi connectivity index (χ2n) is 4.38. The third-order valence-corrected chi connectivity index (χ3v) is 3.16. The fourth-order valence-electron chi connectivity index (χ4n) is 2.16. The molecule has 1 aromatic carbocycles. The summed E-state index contributed by atoms with van der Waals surface area (Å²) in [5.74, 6) is -0.227. The van der Waals surface area contributed by atoms with E-state index < -0.39 is 11.6 Å². The zero-order valence-corrected chi connectivity index (χ0v) is 11.0. The SMILES string of the molecule is CCn1ccnc1CC(NC)c1cc(F)cc(F)c1. The lowest BCUT2D eigenvalue weighted by Crippen LogP contribution is -2.21. The van der Waals surface area contributed by atoms with Crippen molar-refractivity contribution in [2.24, 2.45) is 0 Å². The molecule has 0 amide bonds. The highest BCUT2D eigenvalue weighted by Crippen LogP contribution is 2.19. The van der Waals surface area contributed by atoms with Gasteiger partial charge in [-0.2, -0.15) is 0 Å². The number of aromatic nitrogens is 2. The Labute approximate surface area is 111 Å².